The molecular weight excluding hydrogens is 1220 g/mol. The summed E-state index contributed by atoms with van der Waals surface area (Å²) in [5, 5.41) is 12.9. The molecule has 3 N–H and O–H groups in total. The van der Waals surface area contributed by atoms with E-state index < -0.39 is 0 Å². The fourth-order valence-electron chi connectivity index (χ4n) is 14.1. The first-order chi connectivity index (χ1) is 45.9. The van der Waals surface area contributed by atoms with Crippen LogP contribution in [0.2, 0.25) is 0 Å². The first kappa shape index (κ1) is 66.1. The monoisotopic (exact) mass is 1310 g/mol. The molecule has 6 aliphatic heterocycles. The fourth-order valence-corrected chi connectivity index (χ4v) is 14.3. The highest BCUT2D eigenvalue weighted by atomic mass is 32.1. The molecule has 0 unspecified atom stereocenters. The Morgan fingerprint density at radius 1 is 0.396 bits per heavy atom. The Morgan fingerprint density at radius 3 is 1.01 bits per heavy atom. The highest BCUT2D eigenvalue weighted by molar-refractivity contribution is 7.80. The van der Waals surface area contributed by atoms with Crippen molar-refractivity contribution in [2.24, 2.45) is 9.98 Å². The van der Waals surface area contributed by atoms with Crippen molar-refractivity contribution < 1.29 is 0 Å². The van der Waals surface area contributed by atoms with Gasteiger partial charge in [-0.3, -0.25) is 24.7 Å². The number of hydrogen-bond donors (Lipinski definition) is 3. The molecule has 0 saturated carbocycles. The van der Waals surface area contributed by atoms with E-state index in [-0.39, 0.29) is 16.6 Å². The molecule has 0 aliphatic carbocycles. The molecule has 0 amide bonds. The molecule has 23 nitrogen and oxygen atoms in total. The number of nitrogens with zero attached hydrogens (tertiary/aromatic N) is 20. The smallest absolute Gasteiger partial charge is 0.230 e. The molecule has 9 aromatic heterocycles. The molecule has 504 valence electrons. The number of rotatable bonds is 12. The van der Waals surface area contributed by atoms with Gasteiger partial charge in [-0.25, -0.2) is 29.9 Å². The van der Waals surface area contributed by atoms with Crippen molar-refractivity contribution in [2.75, 3.05) is 122 Å². The van der Waals surface area contributed by atoms with Crippen LogP contribution in [-0.2, 0) is 16.6 Å². The number of anilines is 9. The van der Waals surface area contributed by atoms with Crippen molar-refractivity contribution in [3.63, 3.8) is 0 Å². The zero-order chi connectivity index (χ0) is 67.4. The number of pyridine rings is 3. The van der Waals surface area contributed by atoms with E-state index in [1.54, 1.807) is 0 Å². The van der Waals surface area contributed by atoms with Crippen molar-refractivity contribution in [2.45, 2.75) is 145 Å². The van der Waals surface area contributed by atoms with Crippen LogP contribution in [0.5, 0.6) is 0 Å². The molecule has 24 heteroatoms. The lowest BCUT2D eigenvalue weighted by atomic mass is 9.92. The van der Waals surface area contributed by atoms with Gasteiger partial charge in [0.15, 0.2) is 0 Å². The molecule has 0 radical (unpaired) electrons. The maximum Gasteiger partial charge on any atom is 0.230 e. The summed E-state index contributed by atoms with van der Waals surface area (Å²) in [7, 11) is 0. The van der Waals surface area contributed by atoms with Crippen LogP contribution in [0.1, 0.15) is 127 Å². The SMILES string of the molecule is CC(C)N1CCN(c2ccc(Nc3ncc4cc5n(c4n3)C(C)(C)CCC5=S)nc2)CC1.CC1=NCC(C)(C)n2c1cc1cnc(Nc3ccc(N4CCN(C(C)C)CC4)cn3)nc12.CC1=NCC(C)(C)n2c1cc1cnc(Nc3ccc(N4CCN(C(C)C)CC4)cn3)nc12. The summed E-state index contributed by atoms with van der Waals surface area (Å²) in [5.41, 5.74) is 11.4. The van der Waals surface area contributed by atoms with Crippen LogP contribution in [0.4, 0.5) is 52.4 Å². The Morgan fingerprint density at radius 2 is 0.708 bits per heavy atom. The number of aliphatic imine (C=N–C) groups is 2. The highest BCUT2D eigenvalue weighted by Crippen LogP contribution is 2.37. The van der Waals surface area contributed by atoms with E-state index in [1.807, 2.05) is 55.4 Å². The van der Waals surface area contributed by atoms with Crippen LogP contribution < -0.4 is 30.7 Å². The maximum absolute atomic E-state index is 5.63. The minimum absolute atomic E-state index is 0.0233. The lowest BCUT2D eigenvalue weighted by Crippen LogP contribution is -2.48. The third kappa shape index (κ3) is 13.7. The van der Waals surface area contributed by atoms with Gasteiger partial charge in [-0.2, -0.15) is 15.0 Å². The third-order valence-electron chi connectivity index (χ3n) is 20.0. The molecule has 0 bridgehead atoms. The maximum atomic E-state index is 5.63. The molecule has 0 spiro atoms. The molecule has 3 saturated heterocycles. The number of aromatic nitrogens is 12. The minimum Gasteiger partial charge on any atom is -0.368 e. The molecule has 15 rings (SSSR count). The quantitative estimate of drug-likeness (QED) is 0.0971. The van der Waals surface area contributed by atoms with Gasteiger partial charge in [-0.1, -0.05) is 12.2 Å². The normalized spacial score (nSPS) is 18.8. The van der Waals surface area contributed by atoms with Crippen molar-refractivity contribution in [1.29, 1.82) is 0 Å². The average molecular weight is 1310 g/mol. The van der Waals surface area contributed by atoms with E-state index in [4.69, 9.17) is 27.2 Å². The molecule has 6 aliphatic rings. The first-order valence-electron chi connectivity index (χ1n) is 34.3. The number of thiocarbonyl (C=S) groups is 1. The van der Waals surface area contributed by atoms with E-state index in [9.17, 15) is 0 Å². The first-order valence-corrected chi connectivity index (χ1v) is 34.8. The van der Waals surface area contributed by atoms with Crippen LogP contribution in [0.15, 0.2) is 102 Å². The van der Waals surface area contributed by atoms with Gasteiger partial charge in [0.05, 0.1) is 88.3 Å². The Bertz CT molecular complexity index is 3970. The summed E-state index contributed by atoms with van der Waals surface area (Å²) in [6.07, 6.45) is 13.4. The average Bonchev–Trinajstić information content (AvgIpc) is 1.60. The zero-order valence-electron chi connectivity index (χ0n) is 58.6. The van der Waals surface area contributed by atoms with Gasteiger partial charge < -0.3 is 44.4 Å². The molecular formula is C72H95N23S. The Balaban J connectivity index is 0.000000130. The third-order valence-corrected chi connectivity index (χ3v) is 20.4. The number of hydrogen-bond acceptors (Lipinski definition) is 21. The van der Waals surface area contributed by atoms with Crippen LogP contribution in [0, 0.1) is 0 Å². The molecule has 0 aromatic carbocycles. The van der Waals surface area contributed by atoms with E-state index in [0.29, 0.717) is 36.0 Å². The van der Waals surface area contributed by atoms with E-state index in [2.05, 4.69) is 232 Å². The van der Waals surface area contributed by atoms with Crippen molar-refractivity contribution in [3.8, 4) is 0 Å². The molecule has 3 fully saturated rings. The number of nitrogens with one attached hydrogen (secondary N) is 3. The van der Waals surface area contributed by atoms with E-state index in [1.165, 1.54) is 0 Å². The van der Waals surface area contributed by atoms with E-state index in [0.717, 1.165) is 205 Å². The Labute approximate surface area is 570 Å². The summed E-state index contributed by atoms with van der Waals surface area (Å²) < 4.78 is 6.84. The standard InChI is InChI=1S/2C24H32N8.C24H31N7S/c2*1-16(2)30-8-10-31(11-9-30)19-6-7-21(25-14-19)28-23-26-13-18-12-20-17(3)27-15-24(4,5)32(20)22(18)29-23;1-16(2)29-9-11-30(12-10-29)18-5-6-21(25-15-18)27-23-26-14-17-13-19-20(32)7-8-24(3,4)31(19)22(17)28-23/h2*6-7,12-14,16H,8-11,15H2,1-5H3,(H,25,26,28,29);5-6,13-16H,7-12H2,1-4H3,(H,25,26,27,28). The van der Waals surface area contributed by atoms with Gasteiger partial charge in [0.1, 0.15) is 34.4 Å². The van der Waals surface area contributed by atoms with Crippen molar-refractivity contribution in [3.05, 3.63) is 109 Å². The van der Waals surface area contributed by atoms with Crippen molar-refractivity contribution in [1.82, 2.24) is 73.3 Å². The lowest BCUT2D eigenvalue weighted by Gasteiger charge is -2.38. The summed E-state index contributed by atoms with van der Waals surface area (Å²) >= 11 is 5.63. The lowest BCUT2D eigenvalue weighted by molar-refractivity contribution is 0.209. The Hall–Kier alpha value is -8.58. The number of piperazine rings is 3. The van der Waals surface area contributed by atoms with Gasteiger partial charge in [0.25, 0.3) is 0 Å². The summed E-state index contributed by atoms with van der Waals surface area (Å²) in [4.78, 5) is 67.1. The van der Waals surface area contributed by atoms with Gasteiger partial charge >= 0.3 is 0 Å². The summed E-state index contributed by atoms with van der Waals surface area (Å²) in [6.45, 7) is 45.2. The van der Waals surface area contributed by atoms with Crippen LogP contribution in [-0.4, -0.2) is 199 Å². The second kappa shape index (κ2) is 26.8. The van der Waals surface area contributed by atoms with Crippen LogP contribution in [0.25, 0.3) is 33.1 Å². The largest absolute Gasteiger partial charge is 0.368 e. The summed E-state index contributed by atoms with van der Waals surface area (Å²) in [5.74, 6) is 3.90. The fraction of sp³-hybridized carbons (Fsp3) is 0.500. The van der Waals surface area contributed by atoms with Gasteiger partial charge in [-0.15, -0.1) is 0 Å². The second-order valence-corrected chi connectivity index (χ2v) is 29.6. The highest BCUT2D eigenvalue weighted by Gasteiger charge is 2.34. The van der Waals surface area contributed by atoms with Crippen LogP contribution >= 0.6 is 12.2 Å². The molecule has 9 aromatic rings. The summed E-state index contributed by atoms with van der Waals surface area (Å²) in [6, 6.07) is 20.6. The topological polar surface area (TPSA) is 211 Å². The predicted octanol–water partition coefficient (Wildman–Crippen LogP) is 11.7. The van der Waals surface area contributed by atoms with Gasteiger partial charge in [0.2, 0.25) is 17.8 Å². The molecule has 96 heavy (non-hydrogen) atoms. The number of fused-ring (bicyclic) bond motifs is 9. The van der Waals surface area contributed by atoms with Gasteiger partial charge in [0, 0.05) is 142 Å². The van der Waals surface area contributed by atoms with E-state index >= 15 is 0 Å². The minimum atomic E-state index is -0.123. The van der Waals surface area contributed by atoms with Gasteiger partial charge in [-0.05, 0) is 164 Å². The second-order valence-electron chi connectivity index (χ2n) is 29.1. The molecule has 15 heterocycles. The molecule has 0 atom stereocenters. The Kier molecular flexibility index (Phi) is 18.4. The zero-order valence-corrected chi connectivity index (χ0v) is 59.4. The van der Waals surface area contributed by atoms with Crippen LogP contribution in [0.3, 0.4) is 0 Å². The predicted molar refractivity (Wildman–Crippen MR) is 395 cm³/mol. The van der Waals surface area contributed by atoms with Crippen molar-refractivity contribution >= 4 is 114 Å².